The molecule has 4 atom stereocenters. The lowest BCUT2D eigenvalue weighted by molar-refractivity contribution is 0.404. The molecule has 5 rings (SSSR count). The number of fused-ring (bicyclic) bond motifs is 1. The molecule has 0 saturated carbocycles. The second-order valence-electron chi connectivity index (χ2n) is 6.92. The van der Waals surface area contributed by atoms with Crippen LogP contribution in [0.15, 0.2) is 88.3 Å². The summed E-state index contributed by atoms with van der Waals surface area (Å²) in [5, 5.41) is 0. The van der Waals surface area contributed by atoms with Gasteiger partial charge in [-0.3, -0.25) is 9.89 Å². The van der Waals surface area contributed by atoms with E-state index >= 15 is 0 Å². The number of hydrogen-bond donors (Lipinski definition) is 0. The van der Waals surface area contributed by atoms with Gasteiger partial charge in [0.15, 0.2) is 0 Å². The molecule has 0 N–H and O–H groups in total. The maximum Gasteiger partial charge on any atom is 0.129 e. The zero-order chi connectivity index (χ0) is 18.4. The molecule has 1 saturated heterocycles. The average Bonchev–Trinajstić information content (AvgIpc) is 3.34. The van der Waals surface area contributed by atoms with Crippen molar-refractivity contribution in [3.63, 3.8) is 0 Å². The zero-order valence-electron chi connectivity index (χ0n) is 14.9. The lowest BCUT2D eigenvalue weighted by Crippen LogP contribution is -2.08. The first-order chi connectivity index (χ1) is 13.3. The summed E-state index contributed by atoms with van der Waals surface area (Å²) >= 11 is 3.53. The third-order valence-corrected chi connectivity index (χ3v) is 5.90. The van der Waals surface area contributed by atoms with Crippen molar-refractivity contribution >= 4 is 21.6 Å². The molecule has 2 heterocycles. The maximum absolute atomic E-state index is 5.31. The van der Waals surface area contributed by atoms with E-state index in [2.05, 4.69) is 87.6 Å². The molecule has 0 aromatic heterocycles. The second-order valence-corrected chi connectivity index (χ2v) is 7.83. The van der Waals surface area contributed by atoms with Gasteiger partial charge in [0, 0.05) is 4.47 Å². The first-order valence-corrected chi connectivity index (χ1v) is 9.85. The number of nitrogens with zero attached hydrogens (tertiary/aromatic N) is 2. The fraction of sp³-hybridized carbons (Fsp3) is 0.174. The predicted octanol–water partition coefficient (Wildman–Crippen LogP) is 5.38. The van der Waals surface area contributed by atoms with Crippen LogP contribution in [0.3, 0.4) is 0 Å². The van der Waals surface area contributed by atoms with Crippen LogP contribution in [0.1, 0.15) is 28.9 Å². The Bertz CT molecular complexity index is 983. The van der Waals surface area contributed by atoms with E-state index in [4.69, 9.17) is 9.73 Å². The summed E-state index contributed by atoms with van der Waals surface area (Å²) in [4.78, 5) is 7.60. The Morgan fingerprint density at radius 3 is 2.19 bits per heavy atom. The second kappa shape index (κ2) is 6.63. The van der Waals surface area contributed by atoms with Gasteiger partial charge < -0.3 is 4.74 Å². The largest absolute Gasteiger partial charge is 0.497 e. The lowest BCUT2D eigenvalue weighted by Gasteiger charge is -2.14. The Hall–Kier alpha value is -2.43. The molecule has 1 unspecified atom stereocenters. The number of halogens is 1. The van der Waals surface area contributed by atoms with Crippen molar-refractivity contribution in [1.29, 1.82) is 0 Å². The summed E-state index contributed by atoms with van der Waals surface area (Å²) in [7, 11) is 1.69. The summed E-state index contributed by atoms with van der Waals surface area (Å²) in [6.07, 6.45) is 0.0606. The summed E-state index contributed by atoms with van der Waals surface area (Å²) in [6, 6.07) is 28.2. The van der Waals surface area contributed by atoms with Crippen LogP contribution < -0.4 is 4.74 Å². The van der Waals surface area contributed by atoms with E-state index in [-0.39, 0.29) is 6.17 Å². The molecule has 0 amide bonds. The van der Waals surface area contributed by atoms with Crippen LogP contribution in [0.5, 0.6) is 5.75 Å². The molecular weight excluding hydrogens is 400 g/mol. The topological polar surface area (TPSA) is 24.6 Å². The van der Waals surface area contributed by atoms with E-state index in [0.717, 1.165) is 10.2 Å². The van der Waals surface area contributed by atoms with Crippen LogP contribution in [0, 0.1) is 0 Å². The molecule has 2 aliphatic rings. The van der Waals surface area contributed by atoms with Crippen molar-refractivity contribution in [3.8, 4) is 5.75 Å². The zero-order valence-corrected chi connectivity index (χ0v) is 16.5. The number of hydrogen-bond acceptors (Lipinski definition) is 3. The molecular formula is C23H19BrN2O. The number of benzene rings is 3. The molecule has 27 heavy (non-hydrogen) atoms. The highest BCUT2D eigenvalue weighted by atomic mass is 79.9. The van der Waals surface area contributed by atoms with E-state index in [1.807, 2.05) is 12.1 Å². The van der Waals surface area contributed by atoms with Crippen LogP contribution >= 0.6 is 15.9 Å². The third kappa shape index (κ3) is 2.89. The van der Waals surface area contributed by atoms with Crippen LogP contribution in [-0.2, 0) is 0 Å². The van der Waals surface area contributed by atoms with Gasteiger partial charge in [0.2, 0.25) is 0 Å². The molecule has 1 fully saturated rings. The standard InChI is InChI=1S/C23H19BrN2O/c1-27-19-13-9-15(10-14-19)20-22-21(16-5-3-2-4-6-16)26(22)23(25-20)17-7-11-18(24)12-8-17/h2-14,21-23H,1H3/t21-,22-,23+,26?/m0/s1. The summed E-state index contributed by atoms with van der Waals surface area (Å²) in [5.41, 5.74) is 4.92. The van der Waals surface area contributed by atoms with Crippen LogP contribution in [0.2, 0.25) is 0 Å². The van der Waals surface area contributed by atoms with E-state index in [1.54, 1.807) is 7.11 Å². The Morgan fingerprint density at radius 2 is 1.52 bits per heavy atom. The van der Waals surface area contributed by atoms with Crippen molar-refractivity contribution in [1.82, 2.24) is 4.90 Å². The van der Waals surface area contributed by atoms with Crippen LogP contribution in [0.4, 0.5) is 0 Å². The van der Waals surface area contributed by atoms with Crippen molar-refractivity contribution < 1.29 is 4.74 Å². The van der Waals surface area contributed by atoms with Gasteiger partial charge in [-0.2, -0.15) is 0 Å². The fourth-order valence-electron chi connectivity index (χ4n) is 4.01. The number of aliphatic imine (C=N–C) groups is 1. The van der Waals surface area contributed by atoms with Gasteiger partial charge in [-0.15, -0.1) is 0 Å². The SMILES string of the molecule is COc1ccc(C2=N[C@@H](c3ccc(Br)cc3)N3[C@@H]2[C@@H]3c2ccccc2)cc1. The van der Waals surface area contributed by atoms with E-state index in [9.17, 15) is 0 Å². The minimum absolute atomic E-state index is 0.0606. The maximum atomic E-state index is 5.31. The van der Waals surface area contributed by atoms with Crippen molar-refractivity contribution in [3.05, 3.63) is 100 Å². The van der Waals surface area contributed by atoms with E-state index in [0.29, 0.717) is 12.1 Å². The summed E-state index contributed by atoms with van der Waals surface area (Å²) in [6.45, 7) is 0. The fourth-order valence-corrected chi connectivity index (χ4v) is 4.28. The highest BCUT2D eigenvalue weighted by Crippen LogP contribution is 2.55. The lowest BCUT2D eigenvalue weighted by atomic mass is 10.0. The van der Waals surface area contributed by atoms with E-state index in [1.165, 1.54) is 22.4 Å². The van der Waals surface area contributed by atoms with Crippen molar-refractivity contribution in [2.24, 2.45) is 4.99 Å². The Morgan fingerprint density at radius 1 is 0.815 bits per heavy atom. The van der Waals surface area contributed by atoms with Gasteiger partial charge in [-0.05, 0) is 53.1 Å². The highest BCUT2D eigenvalue weighted by molar-refractivity contribution is 9.10. The predicted molar refractivity (Wildman–Crippen MR) is 111 cm³/mol. The highest BCUT2D eigenvalue weighted by Gasteiger charge is 2.59. The van der Waals surface area contributed by atoms with Crippen LogP contribution in [0.25, 0.3) is 0 Å². The minimum atomic E-state index is 0.0606. The Labute approximate surface area is 167 Å². The third-order valence-electron chi connectivity index (χ3n) is 5.37. The number of methoxy groups -OCH3 is 1. The molecule has 4 heteroatoms. The molecule has 134 valence electrons. The Kier molecular flexibility index (Phi) is 4.10. The molecule has 3 aromatic rings. The smallest absolute Gasteiger partial charge is 0.129 e. The monoisotopic (exact) mass is 418 g/mol. The summed E-state index contributed by atoms with van der Waals surface area (Å²) < 4.78 is 6.39. The molecule has 0 spiro atoms. The van der Waals surface area contributed by atoms with Gasteiger partial charge in [-0.1, -0.05) is 58.4 Å². The Balaban J connectivity index is 1.54. The normalized spacial score (nSPS) is 25.6. The number of ether oxygens (including phenoxy) is 1. The quantitative estimate of drug-likeness (QED) is 0.530. The molecule has 3 aromatic carbocycles. The van der Waals surface area contributed by atoms with Crippen LogP contribution in [-0.4, -0.2) is 23.8 Å². The van der Waals surface area contributed by atoms with Crippen molar-refractivity contribution in [2.45, 2.75) is 18.2 Å². The molecule has 2 aliphatic heterocycles. The summed E-state index contributed by atoms with van der Waals surface area (Å²) in [5.74, 6) is 0.870. The van der Waals surface area contributed by atoms with Gasteiger partial charge in [0.05, 0.1) is 24.9 Å². The van der Waals surface area contributed by atoms with E-state index < -0.39 is 0 Å². The minimum Gasteiger partial charge on any atom is -0.497 e. The first-order valence-electron chi connectivity index (χ1n) is 9.06. The van der Waals surface area contributed by atoms with Gasteiger partial charge in [0.25, 0.3) is 0 Å². The van der Waals surface area contributed by atoms with Gasteiger partial charge in [0.1, 0.15) is 11.9 Å². The molecule has 3 nitrogen and oxygen atoms in total. The molecule has 0 aliphatic carbocycles. The average molecular weight is 419 g/mol. The number of rotatable bonds is 4. The van der Waals surface area contributed by atoms with Gasteiger partial charge in [-0.25, -0.2) is 0 Å². The van der Waals surface area contributed by atoms with Gasteiger partial charge >= 0.3 is 0 Å². The first kappa shape index (κ1) is 16.7. The van der Waals surface area contributed by atoms with Crippen molar-refractivity contribution in [2.75, 3.05) is 7.11 Å². The molecule has 0 bridgehead atoms. The molecule has 0 radical (unpaired) electrons.